The Morgan fingerprint density at radius 1 is 1.44 bits per heavy atom. The minimum absolute atomic E-state index is 0.0695. The molecule has 0 aromatic heterocycles. The van der Waals surface area contributed by atoms with Crippen molar-refractivity contribution in [1.29, 1.82) is 0 Å². The Labute approximate surface area is 114 Å². The van der Waals surface area contributed by atoms with Crippen LogP contribution in [-0.4, -0.2) is 23.4 Å². The Balaban J connectivity index is 2.12. The molecule has 1 aromatic carbocycles. The molecule has 0 N–H and O–H groups in total. The summed E-state index contributed by atoms with van der Waals surface area (Å²) in [5.41, 5.74) is 1.14. The third-order valence-electron chi connectivity index (χ3n) is 3.19. The largest absolute Gasteiger partial charge is 0.307 e. The number of hydrogen-bond acceptors (Lipinski definition) is 2. The number of alkyl halides is 1. The van der Waals surface area contributed by atoms with Crippen LogP contribution in [0.1, 0.15) is 31.4 Å². The maximum Gasteiger partial charge on any atom is 0.287 e. The van der Waals surface area contributed by atoms with Crippen molar-refractivity contribution in [3.63, 3.8) is 0 Å². The third kappa shape index (κ3) is 2.97. The number of unbranched alkanes of at least 4 members (excludes halogenated alkanes) is 1. The lowest BCUT2D eigenvalue weighted by Gasteiger charge is -2.19. The average molecular weight is 288 g/mol. The quantitative estimate of drug-likeness (QED) is 0.599. The molecular formula is C13H19ClNO2P. The van der Waals surface area contributed by atoms with E-state index in [-0.39, 0.29) is 11.7 Å². The Morgan fingerprint density at radius 2 is 2.17 bits per heavy atom. The van der Waals surface area contributed by atoms with E-state index in [0.29, 0.717) is 6.54 Å². The van der Waals surface area contributed by atoms with Gasteiger partial charge in [0.2, 0.25) is 0 Å². The minimum atomic E-state index is -2.81. The summed E-state index contributed by atoms with van der Waals surface area (Å²) in [6.45, 7) is 3.59. The second-order valence-corrected chi connectivity index (χ2v) is 7.54. The maximum atomic E-state index is 12.6. The zero-order valence-corrected chi connectivity index (χ0v) is 12.2. The first-order chi connectivity index (χ1) is 8.69. The van der Waals surface area contributed by atoms with E-state index in [1.54, 1.807) is 0 Å². The van der Waals surface area contributed by atoms with Crippen molar-refractivity contribution < 1.29 is 9.09 Å². The van der Waals surface area contributed by atoms with Crippen molar-refractivity contribution >= 4 is 19.1 Å². The highest BCUT2D eigenvalue weighted by molar-refractivity contribution is 7.58. The van der Waals surface area contributed by atoms with Crippen LogP contribution in [0.25, 0.3) is 0 Å². The van der Waals surface area contributed by atoms with E-state index in [9.17, 15) is 4.57 Å². The topological polar surface area (TPSA) is 29.5 Å². The van der Waals surface area contributed by atoms with Crippen LogP contribution >= 0.6 is 19.1 Å². The van der Waals surface area contributed by atoms with Gasteiger partial charge in [-0.2, -0.15) is 0 Å². The molecule has 1 aromatic rings. The van der Waals surface area contributed by atoms with Gasteiger partial charge in [0.1, 0.15) is 11.7 Å². The molecule has 5 heteroatoms. The fourth-order valence-electron chi connectivity index (χ4n) is 2.14. The fraction of sp³-hybridized carbons (Fsp3) is 0.538. The molecule has 1 aliphatic rings. The standard InChI is InChI=1S/C13H19ClNO2P/c1-2-3-9-15-10-13(17-18(15,16)11-14)12-7-5-4-6-8-12/h4-8,13H,2-3,9-11H2,1H3. The number of halogens is 1. The maximum absolute atomic E-state index is 12.6. The van der Waals surface area contributed by atoms with Crippen LogP contribution in [0.3, 0.4) is 0 Å². The molecule has 1 fully saturated rings. The van der Waals surface area contributed by atoms with Gasteiger partial charge in [0.25, 0.3) is 7.52 Å². The summed E-state index contributed by atoms with van der Waals surface area (Å²) in [5, 5.41) is 0. The number of rotatable bonds is 5. The molecule has 1 aliphatic heterocycles. The van der Waals surface area contributed by atoms with E-state index in [0.717, 1.165) is 24.9 Å². The molecule has 100 valence electrons. The van der Waals surface area contributed by atoms with E-state index >= 15 is 0 Å². The van der Waals surface area contributed by atoms with Gasteiger partial charge < -0.3 is 4.52 Å². The van der Waals surface area contributed by atoms with Crippen molar-refractivity contribution in [3.05, 3.63) is 35.9 Å². The second-order valence-electron chi connectivity index (χ2n) is 4.53. The van der Waals surface area contributed by atoms with Gasteiger partial charge in [-0.05, 0) is 12.0 Å². The lowest BCUT2D eigenvalue weighted by Crippen LogP contribution is -2.19. The lowest BCUT2D eigenvalue weighted by atomic mass is 10.1. The first kappa shape index (κ1) is 14.1. The van der Waals surface area contributed by atoms with Gasteiger partial charge in [-0.25, -0.2) is 4.67 Å². The predicted octanol–water partition coefficient (Wildman–Crippen LogP) is 4.25. The molecule has 0 bridgehead atoms. The SMILES string of the molecule is CCCCN1CC(c2ccccc2)OP1(=O)CCl. The molecule has 3 nitrogen and oxygen atoms in total. The first-order valence-corrected chi connectivity index (χ1v) is 8.63. The Bertz CT molecular complexity index is 426. The van der Waals surface area contributed by atoms with E-state index in [4.69, 9.17) is 16.1 Å². The van der Waals surface area contributed by atoms with Crippen LogP contribution in [-0.2, 0) is 9.09 Å². The zero-order valence-electron chi connectivity index (χ0n) is 10.6. The van der Waals surface area contributed by atoms with Gasteiger partial charge in [-0.1, -0.05) is 43.7 Å². The number of nitrogens with zero attached hydrogens (tertiary/aromatic N) is 1. The van der Waals surface area contributed by atoms with Gasteiger partial charge in [0.15, 0.2) is 0 Å². The van der Waals surface area contributed by atoms with Crippen molar-refractivity contribution in [2.75, 3.05) is 18.7 Å². The molecule has 0 amide bonds. The van der Waals surface area contributed by atoms with Crippen molar-refractivity contribution in [1.82, 2.24) is 4.67 Å². The van der Waals surface area contributed by atoms with Gasteiger partial charge >= 0.3 is 0 Å². The zero-order chi connectivity index (χ0) is 13.0. The van der Waals surface area contributed by atoms with Crippen LogP contribution < -0.4 is 0 Å². The van der Waals surface area contributed by atoms with E-state index in [1.165, 1.54) is 0 Å². The highest BCUT2D eigenvalue weighted by atomic mass is 35.5. The first-order valence-electron chi connectivity index (χ1n) is 6.33. The van der Waals surface area contributed by atoms with E-state index < -0.39 is 7.52 Å². The van der Waals surface area contributed by atoms with Crippen LogP contribution in [0.15, 0.2) is 30.3 Å². The molecule has 18 heavy (non-hydrogen) atoms. The van der Waals surface area contributed by atoms with Crippen LogP contribution in [0.4, 0.5) is 0 Å². The van der Waals surface area contributed by atoms with Crippen molar-refractivity contribution in [3.8, 4) is 0 Å². The van der Waals surface area contributed by atoms with Gasteiger partial charge in [0.05, 0.1) is 0 Å². The summed E-state index contributed by atoms with van der Waals surface area (Å²) < 4.78 is 20.2. The molecule has 1 saturated heterocycles. The lowest BCUT2D eigenvalue weighted by molar-refractivity contribution is 0.248. The average Bonchev–Trinajstić information content (AvgIpc) is 2.75. The van der Waals surface area contributed by atoms with E-state index in [2.05, 4.69) is 6.92 Å². The highest BCUT2D eigenvalue weighted by Crippen LogP contribution is 2.60. The molecule has 2 atom stereocenters. The fourth-order valence-corrected chi connectivity index (χ4v) is 4.53. The predicted molar refractivity (Wildman–Crippen MR) is 75.1 cm³/mol. The van der Waals surface area contributed by atoms with Crippen LogP contribution in [0.2, 0.25) is 0 Å². The number of benzene rings is 1. The van der Waals surface area contributed by atoms with Crippen LogP contribution in [0.5, 0.6) is 0 Å². The molecule has 0 aliphatic carbocycles. The van der Waals surface area contributed by atoms with Gasteiger partial charge in [0, 0.05) is 13.1 Å². The number of hydrogen-bond donors (Lipinski definition) is 0. The summed E-state index contributed by atoms with van der Waals surface area (Å²) in [6.07, 6.45) is 1.98. The van der Waals surface area contributed by atoms with Crippen LogP contribution in [0, 0.1) is 0 Å². The Morgan fingerprint density at radius 3 is 2.78 bits per heavy atom. The Kier molecular flexibility index (Phi) is 4.85. The second kappa shape index (κ2) is 6.21. The van der Waals surface area contributed by atoms with Crippen molar-refractivity contribution in [2.24, 2.45) is 0 Å². The molecule has 0 saturated carbocycles. The summed E-state index contributed by atoms with van der Waals surface area (Å²) >= 11 is 5.85. The molecule has 2 unspecified atom stereocenters. The molecular weight excluding hydrogens is 269 g/mol. The molecule has 2 rings (SSSR count). The minimum Gasteiger partial charge on any atom is -0.307 e. The monoisotopic (exact) mass is 287 g/mol. The molecule has 0 spiro atoms. The summed E-state index contributed by atoms with van der Waals surface area (Å²) in [7, 11) is -2.81. The molecule has 1 heterocycles. The molecule has 0 radical (unpaired) electrons. The Hall–Kier alpha value is -0.340. The van der Waals surface area contributed by atoms with Gasteiger partial charge in [-0.15, -0.1) is 11.6 Å². The summed E-state index contributed by atoms with van der Waals surface area (Å²) in [4.78, 5) is 0. The van der Waals surface area contributed by atoms with Gasteiger partial charge in [-0.3, -0.25) is 4.57 Å². The smallest absolute Gasteiger partial charge is 0.287 e. The third-order valence-corrected chi connectivity index (χ3v) is 6.21. The normalized spacial score (nSPS) is 28.7. The van der Waals surface area contributed by atoms with E-state index in [1.807, 2.05) is 35.0 Å². The highest BCUT2D eigenvalue weighted by Gasteiger charge is 2.42. The summed E-state index contributed by atoms with van der Waals surface area (Å²) in [6, 6.07) is 9.92. The summed E-state index contributed by atoms with van der Waals surface area (Å²) in [5.74, 6) is 0. The van der Waals surface area contributed by atoms with Crippen molar-refractivity contribution in [2.45, 2.75) is 25.9 Å².